The Bertz CT molecular complexity index is 861. The summed E-state index contributed by atoms with van der Waals surface area (Å²) in [6, 6.07) is 12.7. The molecular formula is C19H19ClN2O4S. The van der Waals surface area contributed by atoms with E-state index in [1.54, 1.807) is 43.4 Å². The molecule has 0 aliphatic carbocycles. The lowest BCUT2D eigenvalue weighted by molar-refractivity contribution is -0.116. The SMILES string of the molecule is COc1ccc(N2C(=O)CSC2c2ccccc2NC(=O)CCl)c(OC)c1. The van der Waals surface area contributed by atoms with Crippen molar-refractivity contribution in [3.05, 3.63) is 48.0 Å². The van der Waals surface area contributed by atoms with Crippen LogP contribution < -0.4 is 19.7 Å². The zero-order chi connectivity index (χ0) is 19.4. The molecule has 27 heavy (non-hydrogen) atoms. The fraction of sp³-hybridized carbons (Fsp3) is 0.263. The maximum atomic E-state index is 12.7. The predicted octanol–water partition coefficient (Wildman–Crippen LogP) is 3.66. The van der Waals surface area contributed by atoms with E-state index in [0.29, 0.717) is 28.6 Å². The Balaban J connectivity index is 2.03. The van der Waals surface area contributed by atoms with Crippen molar-refractivity contribution in [2.24, 2.45) is 0 Å². The first-order valence-electron chi connectivity index (χ1n) is 8.19. The molecular weight excluding hydrogens is 388 g/mol. The number of halogens is 1. The molecule has 2 amide bonds. The molecule has 0 spiro atoms. The number of para-hydroxylation sites is 1. The first-order chi connectivity index (χ1) is 13.1. The summed E-state index contributed by atoms with van der Waals surface area (Å²) in [5.74, 6) is 1.04. The average molecular weight is 407 g/mol. The van der Waals surface area contributed by atoms with Gasteiger partial charge in [0.25, 0.3) is 0 Å². The van der Waals surface area contributed by atoms with E-state index >= 15 is 0 Å². The van der Waals surface area contributed by atoms with Crippen molar-refractivity contribution in [3.63, 3.8) is 0 Å². The van der Waals surface area contributed by atoms with E-state index in [9.17, 15) is 9.59 Å². The molecule has 0 saturated carbocycles. The number of ether oxygens (including phenoxy) is 2. The van der Waals surface area contributed by atoms with Crippen LogP contribution in [-0.4, -0.2) is 37.7 Å². The molecule has 6 nitrogen and oxygen atoms in total. The van der Waals surface area contributed by atoms with Crippen LogP contribution in [0.25, 0.3) is 0 Å². The number of amides is 2. The number of methoxy groups -OCH3 is 2. The minimum absolute atomic E-state index is 0.0352. The molecule has 1 fully saturated rings. The van der Waals surface area contributed by atoms with Gasteiger partial charge in [-0.15, -0.1) is 23.4 Å². The quantitative estimate of drug-likeness (QED) is 0.741. The number of alkyl halides is 1. The number of hydrogen-bond acceptors (Lipinski definition) is 5. The van der Waals surface area contributed by atoms with Crippen LogP contribution in [0.3, 0.4) is 0 Å². The molecule has 1 N–H and O–H groups in total. The van der Waals surface area contributed by atoms with E-state index in [1.807, 2.05) is 18.2 Å². The van der Waals surface area contributed by atoms with Crippen LogP contribution in [0.15, 0.2) is 42.5 Å². The number of carbonyl (C=O) groups is 2. The van der Waals surface area contributed by atoms with Gasteiger partial charge in [-0.2, -0.15) is 0 Å². The van der Waals surface area contributed by atoms with Gasteiger partial charge in [-0.1, -0.05) is 18.2 Å². The second-order valence-corrected chi connectivity index (χ2v) is 7.07. The molecule has 0 bridgehead atoms. The fourth-order valence-electron chi connectivity index (χ4n) is 2.91. The number of benzene rings is 2. The third-order valence-corrected chi connectivity index (χ3v) is 5.57. The molecule has 1 aliphatic rings. The maximum Gasteiger partial charge on any atom is 0.239 e. The van der Waals surface area contributed by atoms with Crippen molar-refractivity contribution in [1.29, 1.82) is 0 Å². The van der Waals surface area contributed by atoms with E-state index in [0.717, 1.165) is 5.56 Å². The lowest BCUT2D eigenvalue weighted by Gasteiger charge is -2.27. The summed E-state index contributed by atoms with van der Waals surface area (Å²) in [6.07, 6.45) is 0. The minimum atomic E-state index is -0.299. The van der Waals surface area contributed by atoms with Gasteiger partial charge in [0, 0.05) is 17.3 Å². The zero-order valence-electron chi connectivity index (χ0n) is 14.9. The highest BCUT2D eigenvalue weighted by atomic mass is 35.5. The van der Waals surface area contributed by atoms with Gasteiger partial charge in [0.15, 0.2) is 0 Å². The Kier molecular flexibility index (Phi) is 6.13. The number of nitrogens with zero attached hydrogens (tertiary/aromatic N) is 1. The molecule has 8 heteroatoms. The van der Waals surface area contributed by atoms with Crippen LogP contribution >= 0.6 is 23.4 Å². The second kappa shape index (κ2) is 8.54. The molecule has 1 atom stereocenters. The standard InChI is InChI=1S/C19H19ClN2O4S/c1-25-12-7-8-15(16(9-12)26-2)22-18(24)11-27-19(22)13-5-3-4-6-14(13)21-17(23)10-20/h3-9,19H,10-11H2,1-2H3,(H,21,23). The minimum Gasteiger partial charge on any atom is -0.497 e. The van der Waals surface area contributed by atoms with Crippen molar-refractivity contribution in [2.75, 3.05) is 36.1 Å². The predicted molar refractivity (Wildman–Crippen MR) is 108 cm³/mol. The summed E-state index contributed by atoms with van der Waals surface area (Å²) in [7, 11) is 3.12. The first kappa shape index (κ1) is 19.4. The van der Waals surface area contributed by atoms with E-state index in [4.69, 9.17) is 21.1 Å². The van der Waals surface area contributed by atoms with Gasteiger partial charge in [-0.3, -0.25) is 14.5 Å². The van der Waals surface area contributed by atoms with Gasteiger partial charge in [0.2, 0.25) is 11.8 Å². The van der Waals surface area contributed by atoms with Gasteiger partial charge in [-0.25, -0.2) is 0 Å². The molecule has 0 aromatic heterocycles. The molecule has 2 aromatic rings. The Labute approximate surface area is 166 Å². The van der Waals surface area contributed by atoms with Crippen LogP contribution in [0.4, 0.5) is 11.4 Å². The molecule has 1 unspecified atom stereocenters. The highest BCUT2D eigenvalue weighted by molar-refractivity contribution is 8.00. The lowest BCUT2D eigenvalue weighted by atomic mass is 10.1. The second-order valence-electron chi connectivity index (χ2n) is 5.73. The Morgan fingerprint density at radius 3 is 2.74 bits per heavy atom. The van der Waals surface area contributed by atoms with Gasteiger partial charge in [-0.05, 0) is 18.2 Å². The van der Waals surface area contributed by atoms with Gasteiger partial charge in [0.1, 0.15) is 22.8 Å². The fourth-order valence-corrected chi connectivity index (χ4v) is 4.18. The van der Waals surface area contributed by atoms with Crippen LogP contribution in [0.5, 0.6) is 11.5 Å². The van der Waals surface area contributed by atoms with Crippen LogP contribution in [0, 0.1) is 0 Å². The van der Waals surface area contributed by atoms with Crippen LogP contribution in [0.1, 0.15) is 10.9 Å². The van der Waals surface area contributed by atoms with Crippen molar-refractivity contribution in [2.45, 2.75) is 5.37 Å². The molecule has 1 heterocycles. The Morgan fingerprint density at radius 1 is 1.26 bits per heavy atom. The largest absolute Gasteiger partial charge is 0.497 e. The van der Waals surface area contributed by atoms with Crippen molar-refractivity contribution < 1.29 is 19.1 Å². The monoisotopic (exact) mass is 406 g/mol. The highest BCUT2D eigenvalue weighted by Gasteiger charge is 2.37. The summed E-state index contributed by atoms with van der Waals surface area (Å²) in [5, 5.41) is 2.50. The Morgan fingerprint density at radius 2 is 2.04 bits per heavy atom. The molecule has 2 aromatic carbocycles. The third kappa shape index (κ3) is 3.99. The third-order valence-electron chi connectivity index (χ3n) is 4.14. The van der Waals surface area contributed by atoms with Gasteiger partial charge in [0.05, 0.1) is 25.7 Å². The van der Waals surface area contributed by atoms with Crippen molar-refractivity contribution >= 4 is 46.6 Å². The number of hydrogen-bond donors (Lipinski definition) is 1. The van der Waals surface area contributed by atoms with E-state index < -0.39 is 0 Å². The van der Waals surface area contributed by atoms with Gasteiger partial charge < -0.3 is 14.8 Å². The van der Waals surface area contributed by atoms with Crippen molar-refractivity contribution in [3.8, 4) is 11.5 Å². The smallest absolute Gasteiger partial charge is 0.239 e. The van der Waals surface area contributed by atoms with E-state index in [-0.39, 0.29) is 23.1 Å². The van der Waals surface area contributed by atoms with Crippen molar-refractivity contribution in [1.82, 2.24) is 0 Å². The average Bonchev–Trinajstić information content (AvgIpc) is 3.08. The highest BCUT2D eigenvalue weighted by Crippen LogP contribution is 2.47. The summed E-state index contributed by atoms with van der Waals surface area (Å²) < 4.78 is 10.7. The summed E-state index contributed by atoms with van der Waals surface area (Å²) in [5.41, 5.74) is 2.11. The topological polar surface area (TPSA) is 67.9 Å². The van der Waals surface area contributed by atoms with E-state index in [2.05, 4.69) is 5.32 Å². The van der Waals surface area contributed by atoms with E-state index in [1.165, 1.54) is 11.8 Å². The summed E-state index contributed by atoms with van der Waals surface area (Å²) in [4.78, 5) is 26.1. The maximum absolute atomic E-state index is 12.7. The number of anilines is 2. The number of thioether (sulfide) groups is 1. The lowest BCUT2D eigenvalue weighted by Crippen LogP contribution is -2.29. The first-order valence-corrected chi connectivity index (χ1v) is 9.77. The summed E-state index contributed by atoms with van der Waals surface area (Å²) in [6.45, 7) is 0. The normalized spacial score (nSPS) is 16.3. The summed E-state index contributed by atoms with van der Waals surface area (Å²) >= 11 is 7.11. The van der Waals surface area contributed by atoms with Crippen LogP contribution in [-0.2, 0) is 9.59 Å². The number of rotatable bonds is 6. The number of nitrogens with one attached hydrogen (secondary N) is 1. The molecule has 1 aliphatic heterocycles. The molecule has 0 radical (unpaired) electrons. The molecule has 3 rings (SSSR count). The van der Waals surface area contributed by atoms with Gasteiger partial charge >= 0.3 is 0 Å². The number of carbonyl (C=O) groups excluding carboxylic acids is 2. The Hall–Kier alpha value is -2.38. The molecule has 1 saturated heterocycles. The van der Waals surface area contributed by atoms with Crippen LogP contribution in [0.2, 0.25) is 0 Å². The zero-order valence-corrected chi connectivity index (χ0v) is 16.5. The molecule has 142 valence electrons.